The molecule has 1 aromatic carbocycles. The third-order valence-electron chi connectivity index (χ3n) is 3.62. The minimum Gasteiger partial charge on any atom is -0.367 e. The van der Waals surface area contributed by atoms with Crippen LogP contribution in [0.4, 0.5) is 11.4 Å². The number of benzene rings is 1. The van der Waals surface area contributed by atoms with Gasteiger partial charge in [0.15, 0.2) is 0 Å². The minimum atomic E-state index is -3.31. The second-order valence-corrected chi connectivity index (χ2v) is 7.74. The Kier molecular flexibility index (Phi) is 4.55. The molecule has 1 N–H and O–H groups in total. The second kappa shape index (κ2) is 6.01. The van der Waals surface area contributed by atoms with Gasteiger partial charge in [0.1, 0.15) is 0 Å². The fourth-order valence-corrected chi connectivity index (χ4v) is 2.87. The Morgan fingerprint density at radius 3 is 2.30 bits per heavy atom. The van der Waals surface area contributed by atoms with Crippen LogP contribution in [0.1, 0.15) is 13.8 Å². The predicted octanol–water partition coefficient (Wildman–Crippen LogP) is 1.59. The van der Waals surface area contributed by atoms with E-state index in [2.05, 4.69) is 21.6 Å². The van der Waals surface area contributed by atoms with Gasteiger partial charge in [-0.25, -0.2) is 8.42 Å². The monoisotopic (exact) mass is 297 g/mol. The van der Waals surface area contributed by atoms with Crippen molar-refractivity contribution in [1.82, 2.24) is 4.90 Å². The summed E-state index contributed by atoms with van der Waals surface area (Å²) in [5, 5.41) is -0.442. The summed E-state index contributed by atoms with van der Waals surface area (Å²) in [6.45, 7) is 7.17. The number of nitrogens with one attached hydrogen (secondary N) is 1. The molecule has 0 amide bonds. The van der Waals surface area contributed by atoms with Crippen LogP contribution in [0.15, 0.2) is 24.3 Å². The number of rotatable bonds is 4. The van der Waals surface area contributed by atoms with E-state index in [9.17, 15) is 8.42 Å². The predicted molar refractivity (Wildman–Crippen MR) is 83.8 cm³/mol. The van der Waals surface area contributed by atoms with Crippen molar-refractivity contribution < 1.29 is 8.42 Å². The van der Waals surface area contributed by atoms with Gasteiger partial charge in [-0.1, -0.05) is 12.1 Å². The summed E-state index contributed by atoms with van der Waals surface area (Å²) in [6, 6.07) is 7.61. The van der Waals surface area contributed by atoms with E-state index in [4.69, 9.17) is 0 Å². The van der Waals surface area contributed by atoms with E-state index in [-0.39, 0.29) is 0 Å². The fourth-order valence-electron chi connectivity index (χ4n) is 2.15. The normalized spacial score (nSPS) is 17.5. The van der Waals surface area contributed by atoms with Crippen molar-refractivity contribution in [1.29, 1.82) is 0 Å². The third-order valence-corrected chi connectivity index (χ3v) is 5.37. The van der Waals surface area contributed by atoms with Crippen molar-refractivity contribution >= 4 is 21.4 Å². The number of likely N-dealkylation sites (N-methyl/N-ethyl adjacent to an activating group) is 1. The van der Waals surface area contributed by atoms with Crippen LogP contribution in [0.2, 0.25) is 0 Å². The Hall–Kier alpha value is -1.27. The van der Waals surface area contributed by atoms with Crippen LogP contribution in [0.3, 0.4) is 0 Å². The number of hydrogen-bond acceptors (Lipinski definition) is 4. The van der Waals surface area contributed by atoms with Gasteiger partial charge in [0, 0.05) is 26.2 Å². The van der Waals surface area contributed by atoms with Crippen LogP contribution >= 0.6 is 0 Å². The lowest BCUT2D eigenvalue weighted by Gasteiger charge is -2.35. The molecule has 20 heavy (non-hydrogen) atoms. The SMILES string of the molecule is CC(C)S(=O)(=O)Nc1ccccc1N1CCN(C)CC1. The smallest absolute Gasteiger partial charge is 0.235 e. The Bertz CT molecular complexity index is 549. The van der Waals surface area contributed by atoms with Gasteiger partial charge in [0.25, 0.3) is 0 Å². The molecule has 0 radical (unpaired) electrons. The lowest BCUT2D eigenvalue weighted by atomic mass is 10.2. The zero-order chi connectivity index (χ0) is 14.8. The van der Waals surface area contributed by atoms with Crippen molar-refractivity contribution in [3.63, 3.8) is 0 Å². The average molecular weight is 297 g/mol. The van der Waals surface area contributed by atoms with Gasteiger partial charge in [0.2, 0.25) is 10.0 Å². The Balaban J connectivity index is 2.23. The summed E-state index contributed by atoms with van der Waals surface area (Å²) < 4.78 is 26.8. The quantitative estimate of drug-likeness (QED) is 0.917. The highest BCUT2D eigenvalue weighted by Gasteiger charge is 2.21. The Labute approximate surface area is 121 Å². The molecule has 0 saturated carbocycles. The molecule has 6 heteroatoms. The first-order chi connectivity index (χ1) is 9.40. The molecule has 1 aliphatic heterocycles. The largest absolute Gasteiger partial charge is 0.367 e. The molecule has 0 aromatic heterocycles. The first-order valence-corrected chi connectivity index (χ1v) is 8.49. The molecule has 1 heterocycles. The molecule has 1 fully saturated rings. The molecule has 5 nitrogen and oxygen atoms in total. The van der Waals surface area contributed by atoms with Crippen LogP contribution in [-0.2, 0) is 10.0 Å². The minimum absolute atomic E-state index is 0.442. The number of hydrogen-bond donors (Lipinski definition) is 1. The molecule has 2 rings (SSSR count). The van der Waals surface area contributed by atoms with Crippen molar-refractivity contribution in [3.05, 3.63) is 24.3 Å². The standard InChI is InChI=1S/C14H23N3O2S/c1-12(2)20(18,19)15-13-6-4-5-7-14(13)17-10-8-16(3)9-11-17/h4-7,12,15H,8-11H2,1-3H3. The lowest BCUT2D eigenvalue weighted by molar-refractivity contribution is 0.313. The van der Waals surface area contributed by atoms with E-state index < -0.39 is 15.3 Å². The van der Waals surface area contributed by atoms with E-state index in [1.807, 2.05) is 24.3 Å². The molecule has 0 atom stereocenters. The number of piperazine rings is 1. The van der Waals surface area contributed by atoms with Gasteiger partial charge in [0.05, 0.1) is 16.6 Å². The van der Waals surface area contributed by atoms with Gasteiger partial charge in [-0.05, 0) is 33.0 Å². The second-order valence-electron chi connectivity index (χ2n) is 5.50. The molecule has 0 spiro atoms. The first kappa shape index (κ1) is 15.1. The molecular weight excluding hydrogens is 274 g/mol. The van der Waals surface area contributed by atoms with Gasteiger partial charge in [-0.2, -0.15) is 0 Å². The molecule has 1 saturated heterocycles. The molecule has 1 aromatic rings. The summed E-state index contributed by atoms with van der Waals surface area (Å²) in [6.07, 6.45) is 0. The van der Waals surface area contributed by atoms with Gasteiger partial charge in [-0.3, -0.25) is 4.72 Å². The highest BCUT2D eigenvalue weighted by Crippen LogP contribution is 2.27. The fraction of sp³-hybridized carbons (Fsp3) is 0.571. The number of nitrogens with zero attached hydrogens (tertiary/aromatic N) is 2. The average Bonchev–Trinajstić information content (AvgIpc) is 2.40. The maximum atomic E-state index is 12.0. The van der Waals surface area contributed by atoms with Crippen LogP contribution < -0.4 is 9.62 Å². The first-order valence-electron chi connectivity index (χ1n) is 6.94. The summed E-state index contributed by atoms with van der Waals surface area (Å²) in [4.78, 5) is 4.51. The summed E-state index contributed by atoms with van der Waals surface area (Å²) >= 11 is 0. The zero-order valence-corrected chi connectivity index (χ0v) is 13.2. The Morgan fingerprint density at radius 1 is 1.10 bits per heavy atom. The number of anilines is 2. The summed E-state index contributed by atoms with van der Waals surface area (Å²) in [5.74, 6) is 0. The molecule has 0 aliphatic carbocycles. The van der Waals surface area contributed by atoms with Crippen molar-refractivity contribution in [2.24, 2.45) is 0 Å². The molecule has 0 bridgehead atoms. The maximum absolute atomic E-state index is 12.0. The molecular formula is C14H23N3O2S. The third kappa shape index (κ3) is 3.43. The zero-order valence-electron chi connectivity index (χ0n) is 12.3. The molecule has 1 aliphatic rings. The van der Waals surface area contributed by atoms with E-state index in [1.54, 1.807) is 13.8 Å². The number of para-hydroxylation sites is 2. The van der Waals surface area contributed by atoms with E-state index in [1.165, 1.54) is 0 Å². The summed E-state index contributed by atoms with van der Waals surface area (Å²) in [7, 11) is -1.21. The van der Waals surface area contributed by atoms with Crippen LogP contribution in [-0.4, -0.2) is 51.8 Å². The van der Waals surface area contributed by atoms with E-state index in [0.717, 1.165) is 31.9 Å². The molecule has 112 valence electrons. The summed E-state index contributed by atoms with van der Waals surface area (Å²) in [5.41, 5.74) is 1.63. The van der Waals surface area contributed by atoms with Crippen LogP contribution in [0, 0.1) is 0 Å². The van der Waals surface area contributed by atoms with Crippen molar-refractivity contribution in [3.8, 4) is 0 Å². The highest BCUT2D eigenvalue weighted by molar-refractivity contribution is 7.93. The lowest BCUT2D eigenvalue weighted by Crippen LogP contribution is -2.44. The maximum Gasteiger partial charge on any atom is 0.235 e. The Morgan fingerprint density at radius 2 is 1.70 bits per heavy atom. The topological polar surface area (TPSA) is 52.7 Å². The van der Waals surface area contributed by atoms with Crippen molar-refractivity contribution in [2.75, 3.05) is 42.8 Å². The van der Waals surface area contributed by atoms with Gasteiger partial charge < -0.3 is 9.80 Å². The van der Waals surface area contributed by atoms with Crippen LogP contribution in [0.25, 0.3) is 0 Å². The van der Waals surface area contributed by atoms with E-state index >= 15 is 0 Å². The molecule has 0 unspecified atom stereocenters. The van der Waals surface area contributed by atoms with Crippen molar-refractivity contribution in [2.45, 2.75) is 19.1 Å². The number of sulfonamides is 1. The van der Waals surface area contributed by atoms with Crippen LogP contribution in [0.5, 0.6) is 0 Å². The van der Waals surface area contributed by atoms with Gasteiger partial charge >= 0.3 is 0 Å². The van der Waals surface area contributed by atoms with Gasteiger partial charge in [-0.15, -0.1) is 0 Å². The highest BCUT2D eigenvalue weighted by atomic mass is 32.2. The van der Waals surface area contributed by atoms with E-state index in [0.29, 0.717) is 5.69 Å².